The van der Waals surface area contributed by atoms with Gasteiger partial charge < -0.3 is 10.2 Å². The summed E-state index contributed by atoms with van der Waals surface area (Å²) in [7, 11) is 2.15. The molecule has 0 saturated carbocycles. The fourth-order valence-electron chi connectivity index (χ4n) is 2.08. The summed E-state index contributed by atoms with van der Waals surface area (Å²) in [6.45, 7) is 3.08. The second-order valence-corrected chi connectivity index (χ2v) is 4.77. The van der Waals surface area contributed by atoms with Crippen molar-refractivity contribution in [3.05, 3.63) is 66.2 Å². The van der Waals surface area contributed by atoms with E-state index in [1.807, 2.05) is 0 Å². The van der Waals surface area contributed by atoms with Gasteiger partial charge >= 0.3 is 0 Å². The Hall–Kier alpha value is -1.80. The minimum absolute atomic E-state index is 0.954. The van der Waals surface area contributed by atoms with Gasteiger partial charge in [-0.2, -0.15) is 0 Å². The molecule has 2 aromatic rings. The zero-order valence-corrected chi connectivity index (χ0v) is 11.5. The van der Waals surface area contributed by atoms with E-state index in [4.69, 9.17) is 0 Å². The van der Waals surface area contributed by atoms with Crippen LogP contribution < -0.4 is 10.2 Å². The van der Waals surface area contributed by atoms with Crippen LogP contribution in [0.3, 0.4) is 0 Å². The summed E-state index contributed by atoms with van der Waals surface area (Å²) in [6.07, 6.45) is 1.15. The lowest BCUT2D eigenvalue weighted by atomic mass is 10.2. The van der Waals surface area contributed by atoms with E-state index in [1.54, 1.807) is 0 Å². The van der Waals surface area contributed by atoms with E-state index >= 15 is 0 Å². The third kappa shape index (κ3) is 4.76. The number of hydrogen-bond donors (Lipinski definition) is 1. The maximum Gasteiger partial charge on any atom is 0.0363 e. The molecule has 0 saturated heterocycles. The summed E-state index contributed by atoms with van der Waals surface area (Å²) < 4.78 is 0. The summed E-state index contributed by atoms with van der Waals surface area (Å²) in [6, 6.07) is 21.1. The average Bonchev–Trinajstić information content (AvgIpc) is 2.49. The van der Waals surface area contributed by atoms with Crippen LogP contribution in [0.25, 0.3) is 0 Å². The van der Waals surface area contributed by atoms with Crippen molar-refractivity contribution in [3.8, 4) is 0 Å². The van der Waals surface area contributed by atoms with E-state index < -0.39 is 0 Å². The van der Waals surface area contributed by atoms with E-state index in [0.717, 1.165) is 26.1 Å². The quantitative estimate of drug-likeness (QED) is 0.763. The number of para-hydroxylation sites is 1. The van der Waals surface area contributed by atoms with Crippen LogP contribution in [0.1, 0.15) is 12.0 Å². The molecule has 0 spiro atoms. The minimum Gasteiger partial charge on any atom is -0.375 e. The van der Waals surface area contributed by atoms with Crippen molar-refractivity contribution in [3.63, 3.8) is 0 Å². The Kier molecular flexibility index (Phi) is 5.45. The van der Waals surface area contributed by atoms with Crippen molar-refractivity contribution >= 4 is 5.69 Å². The van der Waals surface area contributed by atoms with E-state index in [-0.39, 0.29) is 0 Å². The lowest BCUT2D eigenvalue weighted by molar-refractivity contribution is 0.646. The molecule has 0 heterocycles. The van der Waals surface area contributed by atoms with Crippen molar-refractivity contribution in [2.45, 2.75) is 13.0 Å². The number of rotatable bonds is 7. The SMILES string of the molecule is CN(CCCNCc1ccccc1)c1ccccc1. The summed E-state index contributed by atoms with van der Waals surface area (Å²) in [5.41, 5.74) is 2.63. The Morgan fingerprint density at radius 1 is 0.895 bits per heavy atom. The highest BCUT2D eigenvalue weighted by Crippen LogP contribution is 2.10. The van der Waals surface area contributed by atoms with Gasteiger partial charge in [0.25, 0.3) is 0 Å². The Bertz CT molecular complexity index is 453. The van der Waals surface area contributed by atoms with Gasteiger partial charge in [-0.15, -0.1) is 0 Å². The molecule has 0 atom stereocenters. The average molecular weight is 254 g/mol. The lowest BCUT2D eigenvalue weighted by Crippen LogP contribution is -2.23. The second-order valence-electron chi connectivity index (χ2n) is 4.77. The number of nitrogens with one attached hydrogen (secondary N) is 1. The van der Waals surface area contributed by atoms with E-state index in [9.17, 15) is 0 Å². The third-order valence-corrected chi connectivity index (χ3v) is 3.22. The van der Waals surface area contributed by atoms with E-state index in [2.05, 4.69) is 77.9 Å². The van der Waals surface area contributed by atoms with Gasteiger partial charge in [-0.25, -0.2) is 0 Å². The molecular formula is C17H22N2. The molecule has 0 fully saturated rings. The first kappa shape index (κ1) is 13.6. The van der Waals surface area contributed by atoms with Crippen LogP contribution in [0.5, 0.6) is 0 Å². The molecule has 0 radical (unpaired) electrons. The van der Waals surface area contributed by atoms with Gasteiger partial charge in [-0.1, -0.05) is 48.5 Å². The van der Waals surface area contributed by atoms with Gasteiger partial charge in [-0.05, 0) is 30.7 Å². The third-order valence-electron chi connectivity index (χ3n) is 3.22. The Labute approximate surface area is 116 Å². The van der Waals surface area contributed by atoms with Crippen LogP contribution in [0.4, 0.5) is 5.69 Å². The van der Waals surface area contributed by atoms with Gasteiger partial charge in [0, 0.05) is 25.8 Å². The maximum absolute atomic E-state index is 3.48. The van der Waals surface area contributed by atoms with E-state index in [1.165, 1.54) is 11.3 Å². The summed E-state index contributed by atoms with van der Waals surface area (Å²) >= 11 is 0. The minimum atomic E-state index is 0.954. The number of nitrogens with zero attached hydrogens (tertiary/aromatic N) is 1. The van der Waals surface area contributed by atoms with Crippen LogP contribution in [0.2, 0.25) is 0 Å². The van der Waals surface area contributed by atoms with Crippen molar-refractivity contribution in [1.29, 1.82) is 0 Å². The monoisotopic (exact) mass is 254 g/mol. The first-order chi connectivity index (χ1) is 9.36. The van der Waals surface area contributed by atoms with Crippen LogP contribution in [0, 0.1) is 0 Å². The standard InChI is InChI=1S/C17H22N2/c1-19(17-11-6-3-7-12-17)14-8-13-18-15-16-9-4-2-5-10-16/h2-7,9-12,18H,8,13-15H2,1H3. The lowest BCUT2D eigenvalue weighted by Gasteiger charge is -2.19. The molecule has 1 N–H and O–H groups in total. The predicted octanol–water partition coefficient (Wildman–Crippen LogP) is 3.30. The molecule has 2 nitrogen and oxygen atoms in total. The van der Waals surface area contributed by atoms with Crippen molar-refractivity contribution in [2.24, 2.45) is 0 Å². The van der Waals surface area contributed by atoms with Crippen LogP contribution >= 0.6 is 0 Å². The molecule has 0 aliphatic heterocycles. The van der Waals surface area contributed by atoms with Crippen LogP contribution in [-0.2, 0) is 6.54 Å². The summed E-state index contributed by atoms with van der Waals surface area (Å²) in [5, 5.41) is 3.48. The van der Waals surface area contributed by atoms with Crippen LogP contribution in [0.15, 0.2) is 60.7 Å². The zero-order chi connectivity index (χ0) is 13.3. The van der Waals surface area contributed by atoms with Crippen molar-refractivity contribution in [2.75, 3.05) is 25.0 Å². The number of hydrogen-bond acceptors (Lipinski definition) is 2. The smallest absolute Gasteiger partial charge is 0.0363 e. The molecule has 0 aliphatic carbocycles. The summed E-state index contributed by atoms with van der Waals surface area (Å²) in [4.78, 5) is 2.30. The fraction of sp³-hybridized carbons (Fsp3) is 0.294. The summed E-state index contributed by atoms with van der Waals surface area (Å²) in [5.74, 6) is 0. The van der Waals surface area contributed by atoms with Gasteiger partial charge in [0.15, 0.2) is 0 Å². The molecular weight excluding hydrogens is 232 g/mol. The topological polar surface area (TPSA) is 15.3 Å². The Balaban J connectivity index is 1.62. The van der Waals surface area contributed by atoms with Gasteiger partial charge in [0.1, 0.15) is 0 Å². The van der Waals surface area contributed by atoms with Crippen molar-refractivity contribution in [1.82, 2.24) is 5.32 Å². The fourth-order valence-corrected chi connectivity index (χ4v) is 2.08. The molecule has 0 aromatic heterocycles. The van der Waals surface area contributed by atoms with E-state index in [0.29, 0.717) is 0 Å². The molecule has 19 heavy (non-hydrogen) atoms. The molecule has 2 heteroatoms. The molecule has 2 rings (SSSR count). The van der Waals surface area contributed by atoms with Gasteiger partial charge in [-0.3, -0.25) is 0 Å². The van der Waals surface area contributed by atoms with Crippen LogP contribution in [-0.4, -0.2) is 20.1 Å². The zero-order valence-electron chi connectivity index (χ0n) is 11.5. The molecule has 0 bridgehead atoms. The highest BCUT2D eigenvalue weighted by molar-refractivity contribution is 5.44. The Morgan fingerprint density at radius 3 is 2.21 bits per heavy atom. The highest BCUT2D eigenvalue weighted by Gasteiger charge is 1.98. The maximum atomic E-state index is 3.48. The predicted molar refractivity (Wildman–Crippen MR) is 82.5 cm³/mol. The Morgan fingerprint density at radius 2 is 1.53 bits per heavy atom. The number of benzene rings is 2. The normalized spacial score (nSPS) is 10.4. The van der Waals surface area contributed by atoms with Gasteiger partial charge in [0.05, 0.1) is 0 Å². The molecule has 2 aromatic carbocycles. The van der Waals surface area contributed by atoms with Crippen molar-refractivity contribution < 1.29 is 0 Å². The highest BCUT2D eigenvalue weighted by atomic mass is 15.1. The van der Waals surface area contributed by atoms with Gasteiger partial charge in [0.2, 0.25) is 0 Å². The molecule has 0 aliphatic rings. The molecule has 0 unspecified atom stereocenters. The number of anilines is 1. The first-order valence-corrected chi connectivity index (χ1v) is 6.87. The molecule has 100 valence electrons. The largest absolute Gasteiger partial charge is 0.375 e. The molecule has 0 amide bonds. The first-order valence-electron chi connectivity index (χ1n) is 6.87. The second kappa shape index (κ2) is 7.59.